The summed E-state index contributed by atoms with van der Waals surface area (Å²) < 4.78 is 2.76. The normalized spacial score (nSPS) is 10.4. The first kappa shape index (κ1) is 9.27. The largest absolute Gasteiger partial charge is 0.382 e. The molecule has 2 rings (SSSR count). The molecular formula is C10H10BrN3. The van der Waals surface area contributed by atoms with Crippen molar-refractivity contribution in [1.29, 1.82) is 0 Å². The number of rotatable bonds is 1. The molecule has 0 saturated carbocycles. The Bertz CT molecular complexity index is 462. The average molecular weight is 252 g/mol. The molecule has 1 heterocycles. The minimum Gasteiger partial charge on any atom is -0.382 e. The summed E-state index contributed by atoms with van der Waals surface area (Å²) in [6, 6.07) is 7.87. The highest BCUT2D eigenvalue weighted by atomic mass is 79.9. The van der Waals surface area contributed by atoms with Crippen LogP contribution < -0.4 is 5.73 Å². The van der Waals surface area contributed by atoms with Gasteiger partial charge >= 0.3 is 0 Å². The lowest BCUT2D eigenvalue weighted by Crippen LogP contribution is -1.97. The van der Waals surface area contributed by atoms with Crippen molar-refractivity contribution in [3.8, 4) is 5.69 Å². The number of benzene rings is 1. The summed E-state index contributed by atoms with van der Waals surface area (Å²) in [5.74, 6) is 0.526. The molecule has 2 N–H and O–H groups in total. The number of nitrogens with zero attached hydrogens (tertiary/aromatic N) is 2. The van der Waals surface area contributed by atoms with E-state index in [-0.39, 0.29) is 0 Å². The van der Waals surface area contributed by atoms with Crippen molar-refractivity contribution in [2.24, 2.45) is 0 Å². The van der Waals surface area contributed by atoms with E-state index in [1.165, 1.54) is 5.56 Å². The Morgan fingerprint density at radius 2 is 2.14 bits per heavy atom. The van der Waals surface area contributed by atoms with Gasteiger partial charge in [0, 0.05) is 16.7 Å². The van der Waals surface area contributed by atoms with Crippen LogP contribution in [0.15, 0.2) is 34.9 Å². The van der Waals surface area contributed by atoms with E-state index in [1.807, 2.05) is 25.3 Å². The summed E-state index contributed by atoms with van der Waals surface area (Å²) in [4.78, 5) is 0. The van der Waals surface area contributed by atoms with Crippen molar-refractivity contribution in [3.63, 3.8) is 0 Å². The van der Waals surface area contributed by atoms with Crippen LogP contribution in [0.2, 0.25) is 0 Å². The van der Waals surface area contributed by atoms with Gasteiger partial charge in [0.15, 0.2) is 0 Å². The molecule has 14 heavy (non-hydrogen) atoms. The zero-order chi connectivity index (χ0) is 10.1. The SMILES string of the molecule is Cc1ccc(Br)c(-n2ccc(N)n2)c1. The van der Waals surface area contributed by atoms with Crippen molar-refractivity contribution in [1.82, 2.24) is 9.78 Å². The third-order valence-corrected chi connectivity index (χ3v) is 2.63. The molecule has 3 nitrogen and oxygen atoms in total. The summed E-state index contributed by atoms with van der Waals surface area (Å²) in [7, 11) is 0. The topological polar surface area (TPSA) is 43.8 Å². The number of anilines is 1. The van der Waals surface area contributed by atoms with Gasteiger partial charge in [-0.3, -0.25) is 0 Å². The molecular weight excluding hydrogens is 242 g/mol. The van der Waals surface area contributed by atoms with E-state index in [0.29, 0.717) is 5.82 Å². The van der Waals surface area contributed by atoms with Gasteiger partial charge in [0.05, 0.1) is 5.69 Å². The van der Waals surface area contributed by atoms with Crippen LogP contribution in [0.25, 0.3) is 5.69 Å². The maximum Gasteiger partial charge on any atom is 0.145 e. The highest BCUT2D eigenvalue weighted by molar-refractivity contribution is 9.10. The number of nitrogen functional groups attached to an aromatic ring is 1. The highest BCUT2D eigenvalue weighted by Crippen LogP contribution is 2.21. The minimum absolute atomic E-state index is 0.526. The summed E-state index contributed by atoms with van der Waals surface area (Å²) in [5, 5.41) is 4.15. The predicted molar refractivity (Wildman–Crippen MR) is 60.4 cm³/mol. The van der Waals surface area contributed by atoms with Gasteiger partial charge in [-0.1, -0.05) is 6.07 Å². The standard InChI is InChI=1S/C10H10BrN3/c1-7-2-3-8(11)9(6-7)14-5-4-10(12)13-14/h2-6H,1H3,(H2,12,13). The Balaban J connectivity index is 2.55. The quantitative estimate of drug-likeness (QED) is 0.847. The molecule has 0 unspecified atom stereocenters. The molecule has 1 aromatic carbocycles. The molecule has 0 saturated heterocycles. The Morgan fingerprint density at radius 3 is 2.79 bits per heavy atom. The molecule has 0 aliphatic rings. The second-order valence-electron chi connectivity index (χ2n) is 3.14. The summed E-state index contributed by atoms with van der Waals surface area (Å²) >= 11 is 3.47. The smallest absolute Gasteiger partial charge is 0.145 e. The zero-order valence-corrected chi connectivity index (χ0v) is 9.32. The van der Waals surface area contributed by atoms with Crippen LogP contribution in [-0.2, 0) is 0 Å². The second-order valence-corrected chi connectivity index (χ2v) is 3.99. The molecule has 0 fully saturated rings. The van der Waals surface area contributed by atoms with Crippen LogP contribution in [0.1, 0.15) is 5.56 Å². The molecule has 0 amide bonds. The fourth-order valence-electron chi connectivity index (χ4n) is 1.27. The van der Waals surface area contributed by atoms with Crippen LogP contribution >= 0.6 is 15.9 Å². The average Bonchev–Trinajstić information content (AvgIpc) is 2.56. The van der Waals surface area contributed by atoms with Crippen molar-refractivity contribution in [3.05, 3.63) is 40.5 Å². The molecule has 0 bridgehead atoms. The lowest BCUT2D eigenvalue weighted by Gasteiger charge is -2.05. The number of halogens is 1. The first-order valence-electron chi connectivity index (χ1n) is 4.24. The Hall–Kier alpha value is -1.29. The maximum absolute atomic E-state index is 5.56. The zero-order valence-electron chi connectivity index (χ0n) is 7.74. The number of nitrogens with two attached hydrogens (primary N) is 1. The van der Waals surface area contributed by atoms with Crippen LogP contribution in [0.5, 0.6) is 0 Å². The number of aryl methyl sites for hydroxylation is 1. The summed E-state index contributed by atoms with van der Waals surface area (Å²) in [6.07, 6.45) is 1.84. The van der Waals surface area contributed by atoms with E-state index in [2.05, 4.69) is 27.1 Å². The molecule has 0 spiro atoms. The maximum atomic E-state index is 5.56. The van der Waals surface area contributed by atoms with E-state index in [9.17, 15) is 0 Å². The van der Waals surface area contributed by atoms with Gasteiger partial charge in [0.25, 0.3) is 0 Å². The molecule has 0 radical (unpaired) electrons. The fraction of sp³-hybridized carbons (Fsp3) is 0.100. The van der Waals surface area contributed by atoms with Crippen LogP contribution in [0.3, 0.4) is 0 Å². The first-order valence-corrected chi connectivity index (χ1v) is 5.04. The third-order valence-electron chi connectivity index (χ3n) is 1.96. The summed E-state index contributed by atoms with van der Waals surface area (Å²) in [6.45, 7) is 2.04. The van der Waals surface area contributed by atoms with Gasteiger partial charge in [-0.15, -0.1) is 0 Å². The summed E-state index contributed by atoms with van der Waals surface area (Å²) in [5.41, 5.74) is 7.75. The Labute approximate surface area is 90.7 Å². The minimum atomic E-state index is 0.526. The monoisotopic (exact) mass is 251 g/mol. The van der Waals surface area contributed by atoms with Crippen molar-refractivity contribution < 1.29 is 0 Å². The molecule has 2 aromatic rings. The van der Waals surface area contributed by atoms with Crippen molar-refractivity contribution in [2.45, 2.75) is 6.92 Å². The number of aromatic nitrogens is 2. The van der Waals surface area contributed by atoms with Gasteiger partial charge < -0.3 is 5.73 Å². The van der Waals surface area contributed by atoms with Crippen LogP contribution in [0.4, 0.5) is 5.82 Å². The van der Waals surface area contributed by atoms with Gasteiger partial charge in [-0.05, 0) is 40.5 Å². The van der Waals surface area contributed by atoms with Gasteiger partial charge in [-0.2, -0.15) is 5.10 Å². The van der Waals surface area contributed by atoms with E-state index >= 15 is 0 Å². The lowest BCUT2D eigenvalue weighted by molar-refractivity contribution is 0.880. The van der Waals surface area contributed by atoms with E-state index in [4.69, 9.17) is 5.73 Å². The first-order chi connectivity index (χ1) is 6.66. The van der Waals surface area contributed by atoms with E-state index in [1.54, 1.807) is 10.7 Å². The van der Waals surface area contributed by atoms with E-state index < -0.39 is 0 Å². The highest BCUT2D eigenvalue weighted by Gasteiger charge is 2.03. The Kier molecular flexibility index (Phi) is 2.29. The van der Waals surface area contributed by atoms with Gasteiger partial charge in [0.2, 0.25) is 0 Å². The number of hydrogen-bond donors (Lipinski definition) is 1. The number of hydrogen-bond acceptors (Lipinski definition) is 2. The predicted octanol–water partition coefficient (Wildman–Crippen LogP) is 2.53. The van der Waals surface area contributed by atoms with Gasteiger partial charge in [-0.25, -0.2) is 4.68 Å². The van der Waals surface area contributed by atoms with Gasteiger partial charge in [0.1, 0.15) is 5.82 Å². The molecule has 0 aliphatic heterocycles. The second kappa shape index (κ2) is 3.46. The van der Waals surface area contributed by atoms with E-state index in [0.717, 1.165) is 10.2 Å². The third kappa shape index (κ3) is 1.65. The molecule has 4 heteroatoms. The fourth-order valence-corrected chi connectivity index (χ4v) is 1.70. The van der Waals surface area contributed by atoms with Crippen LogP contribution in [-0.4, -0.2) is 9.78 Å². The van der Waals surface area contributed by atoms with Crippen molar-refractivity contribution >= 4 is 21.7 Å². The lowest BCUT2D eigenvalue weighted by atomic mass is 10.2. The van der Waals surface area contributed by atoms with Crippen molar-refractivity contribution in [2.75, 3.05) is 5.73 Å². The van der Waals surface area contributed by atoms with Crippen LogP contribution in [0, 0.1) is 6.92 Å². The molecule has 0 atom stereocenters. The molecule has 1 aromatic heterocycles. The Morgan fingerprint density at radius 1 is 1.36 bits per heavy atom. The molecule has 0 aliphatic carbocycles. The molecule has 72 valence electrons.